The lowest BCUT2D eigenvalue weighted by Crippen LogP contribution is -2.34. The second kappa shape index (κ2) is 4.14. The molecular formula is C12H18N2O3. The Bertz CT molecular complexity index is 437. The van der Waals surface area contributed by atoms with Gasteiger partial charge in [-0.05, 0) is 26.7 Å². The van der Waals surface area contributed by atoms with Crippen LogP contribution in [0.25, 0.3) is 0 Å². The lowest BCUT2D eigenvalue weighted by molar-refractivity contribution is 0.0570. The Kier molecular flexibility index (Phi) is 2.95. The maximum atomic E-state index is 12.3. The first-order valence-electron chi connectivity index (χ1n) is 5.91. The molecule has 0 saturated carbocycles. The summed E-state index contributed by atoms with van der Waals surface area (Å²) in [5.41, 5.74) is 0.483. The van der Waals surface area contributed by atoms with Crippen molar-refractivity contribution in [2.24, 2.45) is 0 Å². The first-order valence-corrected chi connectivity index (χ1v) is 5.91. The van der Waals surface area contributed by atoms with E-state index in [-0.39, 0.29) is 5.91 Å². The van der Waals surface area contributed by atoms with Crippen LogP contribution < -0.4 is 0 Å². The number of carbonyl (C=O) groups excluding carboxylic acids is 1. The summed E-state index contributed by atoms with van der Waals surface area (Å²) >= 11 is 0. The number of hydrogen-bond acceptors (Lipinski definition) is 4. The third-order valence-electron chi connectivity index (χ3n) is 3.22. The summed E-state index contributed by atoms with van der Waals surface area (Å²) in [6.45, 7) is 6.39. The lowest BCUT2D eigenvalue weighted by atomic mass is 10.1. The van der Waals surface area contributed by atoms with E-state index in [1.54, 1.807) is 18.7 Å². The van der Waals surface area contributed by atoms with Gasteiger partial charge in [0.2, 0.25) is 0 Å². The van der Waals surface area contributed by atoms with Gasteiger partial charge in [0.15, 0.2) is 0 Å². The van der Waals surface area contributed by atoms with Crippen LogP contribution in [0.1, 0.15) is 42.1 Å². The standard InChI is InChI=1S/C12H18N2O3/c1-4-9-10(8(2)17-13-9)11(15)14-6-5-12(3,16)7-14/h16H,4-7H2,1-3H3. The summed E-state index contributed by atoms with van der Waals surface area (Å²) < 4.78 is 5.06. The van der Waals surface area contributed by atoms with Crippen molar-refractivity contribution in [2.45, 2.75) is 39.2 Å². The number of aryl methyl sites for hydroxylation is 2. The van der Waals surface area contributed by atoms with E-state index in [1.807, 2.05) is 6.92 Å². The second-order valence-electron chi connectivity index (χ2n) is 4.89. The largest absolute Gasteiger partial charge is 0.388 e. The van der Waals surface area contributed by atoms with Gasteiger partial charge in [0.25, 0.3) is 5.91 Å². The van der Waals surface area contributed by atoms with Gasteiger partial charge in [-0.2, -0.15) is 0 Å². The molecule has 1 saturated heterocycles. The normalized spacial score (nSPS) is 24.4. The maximum Gasteiger partial charge on any atom is 0.259 e. The zero-order chi connectivity index (χ0) is 12.6. The van der Waals surface area contributed by atoms with Crippen molar-refractivity contribution in [2.75, 3.05) is 13.1 Å². The van der Waals surface area contributed by atoms with Crippen LogP contribution in [0.15, 0.2) is 4.52 Å². The van der Waals surface area contributed by atoms with Gasteiger partial charge in [-0.1, -0.05) is 12.1 Å². The van der Waals surface area contributed by atoms with Crippen molar-refractivity contribution >= 4 is 5.91 Å². The topological polar surface area (TPSA) is 66.6 Å². The number of carbonyl (C=O) groups is 1. The number of rotatable bonds is 2. The summed E-state index contributed by atoms with van der Waals surface area (Å²) in [6, 6.07) is 0. The van der Waals surface area contributed by atoms with Crippen LogP contribution in [0.4, 0.5) is 0 Å². The fourth-order valence-corrected chi connectivity index (χ4v) is 2.21. The molecule has 0 aliphatic carbocycles. The maximum absolute atomic E-state index is 12.3. The highest BCUT2D eigenvalue weighted by molar-refractivity contribution is 5.96. The Hall–Kier alpha value is -1.36. The fourth-order valence-electron chi connectivity index (χ4n) is 2.21. The predicted molar refractivity (Wildman–Crippen MR) is 61.8 cm³/mol. The van der Waals surface area contributed by atoms with Gasteiger partial charge in [0.05, 0.1) is 11.3 Å². The van der Waals surface area contributed by atoms with Gasteiger partial charge in [0.1, 0.15) is 11.3 Å². The quantitative estimate of drug-likeness (QED) is 0.839. The molecule has 1 aliphatic heterocycles. The number of amides is 1. The Morgan fingerprint density at radius 2 is 2.35 bits per heavy atom. The van der Waals surface area contributed by atoms with Gasteiger partial charge >= 0.3 is 0 Å². The van der Waals surface area contributed by atoms with Crippen molar-refractivity contribution in [3.05, 3.63) is 17.0 Å². The zero-order valence-electron chi connectivity index (χ0n) is 10.5. The molecule has 5 heteroatoms. The molecule has 0 aromatic carbocycles. The van der Waals surface area contributed by atoms with E-state index < -0.39 is 5.60 Å². The van der Waals surface area contributed by atoms with Crippen LogP contribution in [0, 0.1) is 6.92 Å². The Morgan fingerprint density at radius 3 is 2.88 bits per heavy atom. The number of likely N-dealkylation sites (tertiary alicyclic amines) is 1. The molecule has 1 aliphatic rings. The van der Waals surface area contributed by atoms with Crippen LogP contribution in [-0.4, -0.2) is 39.8 Å². The van der Waals surface area contributed by atoms with E-state index in [2.05, 4.69) is 5.16 Å². The van der Waals surface area contributed by atoms with E-state index in [4.69, 9.17) is 4.52 Å². The number of nitrogens with zero attached hydrogens (tertiary/aromatic N) is 2. The van der Waals surface area contributed by atoms with E-state index >= 15 is 0 Å². The number of aromatic nitrogens is 1. The fraction of sp³-hybridized carbons (Fsp3) is 0.667. The van der Waals surface area contributed by atoms with Crippen molar-refractivity contribution < 1.29 is 14.4 Å². The number of hydrogen-bond donors (Lipinski definition) is 1. The van der Waals surface area contributed by atoms with Gasteiger partial charge in [-0.3, -0.25) is 4.79 Å². The van der Waals surface area contributed by atoms with Crippen molar-refractivity contribution in [1.82, 2.24) is 10.1 Å². The highest BCUT2D eigenvalue weighted by Crippen LogP contribution is 2.24. The van der Waals surface area contributed by atoms with Crippen LogP contribution in [0.3, 0.4) is 0 Å². The Morgan fingerprint density at radius 1 is 1.65 bits per heavy atom. The smallest absolute Gasteiger partial charge is 0.259 e. The van der Waals surface area contributed by atoms with Crippen molar-refractivity contribution in [3.8, 4) is 0 Å². The first kappa shape index (κ1) is 12.1. The molecule has 2 heterocycles. The summed E-state index contributed by atoms with van der Waals surface area (Å²) in [6.07, 6.45) is 1.28. The van der Waals surface area contributed by atoms with E-state index in [0.29, 0.717) is 42.9 Å². The summed E-state index contributed by atoms with van der Waals surface area (Å²) in [5.74, 6) is 0.469. The van der Waals surface area contributed by atoms with Crippen molar-refractivity contribution in [1.29, 1.82) is 0 Å². The van der Waals surface area contributed by atoms with Crippen LogP contribution in [-0.2, 0) is 6.42 Å². The van der Waals surface area contributed by atoms with Gasteiger partial charge in [0, 0.05) is 13.1 Å². The molecule has 17 heavy (non-hydrogen) atoms. The number of aliphatic hydroxyl groups is 1. The highest BCUT2D eigenvalue weighted by Gasteiger charge is 2.36. The van der Waals surface area contributed by atoms with Crippen LogP contribution >= 0.6 is 0 Å². The third kappa shape index (κ3) is 2.20. The lowest BCUT2D eigenvalue weighted by Gasteiger charge is -2.18. The molecule has 5 nitrogen and oxygen atoms in total. The average Bonchev–Trinajstić information content (AvgIpc) is 2.80. The second-order valence-corrected chi connectivity index (χ2v) is 4.89. The zero-order valence-corrected chi connectivity index (χ0v) is 10.5. The highest BCUT2D eigenvalue weighted by atomic mass is 16.5. The minimum atomic E-state index is -0.771. The van der Waals surface area contributed by atoms with E-state index in [1.165, 1.54) is 0 Å². The molecule has 1 fully saturated rings. The minimum Gasteiger partial charge on any atom is -0.388 e. The monoisotopic (exact) mass is 238 g/mol. The molecule has 1 aromatic heterocycles. The molecule has 0 radical (unpaired) electrons. The molecular weight excluding hydrogens is 220 g/mol. The molecule has 94 valence electrons. The van der Waals surface area contributed by atoms with Crippen LogP contribution in [0.2, 0.25) is 0 Å². The molecule has 1 atom stereocenters. The summed E-state index contributed by atoms with van der Waals surface area (Å²) in [5, 5.41) is 13.8. The minimum absolute atomic E-state index is 0.0848. The molecule has 1 unspecified atom stereocenters. The van der Waals surface area contributed by atoms with Crippen LogP contribution in [0.5, 0.6) is 0 Å². The van der Waals surface area contributed by atoms with E-state index in [0.717, 1.165) is 0 Å². The van der Waals surface area contributed by atoms with Gasteiger partial charge < -0.3 is 14.5 Å². The Labute approximate surface area is 100 Å². The molecule has 2 rings (SSSR count). The van der Waals surface area contributed by atoms with Gasteiger partial charge in [-0.15, -0.1) is 0 Å². The summed E-state index contributed by atoms with van der Waals surface area (Å²) in [7, 11) is 0. The molecule has 0 bridgehead atoms. The Balaban J connectivity index is 2.23. The SMILES string of the molecule is CCc1noc(C)c1C(=O)N1CCC(C)(O)C1. The van der Waals surface area contributed by atoms with Crippen molar-refractivity contribution in [3.63, 3.8) is 0 Å². The summed E-state index contributed by atoms with van der Waals surface area (Å²) in [4.78, 5) is 14.0. The third-order valence-corrected chi connectivity index (χ3v) is 3.22. The molecule has 1 aromatic rings. The predicted octanol–water partition coefficient (Wildman–Crippen LogP) is 1.14. The molecule has 1 amide bonds. The molecule has 0 spiro atoms. The van der Waals surface area contributed by atoms with E-state index in [9.17, 15) is 9.90 Å². The first-order chi connectivity index (χ1) is 7.94. The average molecular weight is 238 g/mol. The van der Waals surface area contributed by atoms with Gasteiger partial charge in [-0.25, -0.2) is 0 Å². The molecule has 1 N–H and O–H groups in total. The number of β-amino-alcohol motifs (C(OH)–C–C–N with tert-alkyl or cyclic N) is 1.